The highest BCUT2D eigenvalue weighted by Crippen LogP contribution is 2.24. The van der Waals surface area contributed by atoms with Crippen LogP contribution in [-0.4, -0.2) is 33.2 Å². The van der Waals surface area contributed by atoms with Crippen LogP contribution in [0.25, 0.3) is 5.52 Å². The molecule has 3 rings (SSSR count). The summed E-state index contributed by atoms with van der Waals surface area (Å²) in [6, 6.07) is 1.81. The molecule has 1 N–H and O–H groups in total. The first-order chi connectivity index (χ1) is 9.13. The zero-order valence-electron chi connectivity index (χ0n) is 10.3. The summed E-state index contributed by atoms with van der Waals surface area (Å²) in [5.74, 6) is 0.655. The van der Waals surface area contributed by atoms with E-state index >= 15 is 0 Å². The highest BCUT2D eigenvalue weighted by Gasteiger charge is 2.28. The molecule has 1 saturated heterocycles. The lowest BCUT2D eigenvalue weighted by Crippen LogP contribution is -2.26. The second kappa shape index (κ2) is 4.70. The molecule has 0 aliphatic carbocycles. The molecule has 2 aromatic heterocycles. The molecule has 6 nitrogen and oxygen atoms in total. The molecule has 1 aliphatic heterocycles. The van der Waals surface area contributed by atoms with Crippen LogP contribution in [0.15, 0.2) is 18.5 Å². The standard InChI is InChI=1S/C12H13ClN4O2/c1-7(8-4-11(18)14-5-8)19-12-9-2-3-15-17(9)6-10(13)16-12/h2-3,6-8H,4-5H2,1H3,(H,14,18)/t7-,8-/m1/s1. The molecule has 3 heterocycles. The third-order valence-electron chi connectivity index (χ3n) is 3.30. The van der Waals surface area contributed by atoms with E-state index in [1.54, 1.807) is 16.9 Å². The van der Waals surface area contributed by atoms with Gasteiger partial charge in [0.05, 0.1) is 12.4 Å². The SMILES string of the molecule is C[C@@H](Oc1nc(Cl)cn2nccc12)[C@H]1CNC(=O)C1. The topological polar surface area (TPSA) is 68.5 Å². The number of fused-ring (bicyclic) bond motifs is 1. The largest absolute Gasteiger partial charge is 0.473 e. The minimum absolute atomic E-state index is 0.0639. The maximum absolute atomic E-state index is 11.2. The zero-order chi connectivity index (χ0) is 13.4. The Kier molecular flexibility index (Phi) is 3.02. The van der Waals surface area contributed by atoms with Gasteiger partial charge in [0.1, 0.15) is 11.6 Å². The molecule has 2 atom stereocenters. The number of nitrogens with one attached hydrogen (secondary N) is 1. The number of nitrogens with zero attached hydrogens (tertiary/aromatic N) is 3. The van der Waals surface area contributed by atoms with Gasteiger partial charge in [-0.2, -0.15) is 10.1 Å². The molecular formula is C12H13ClN4O2. The Bertz CT molecular complexity index is 627. The van der Waals surface area contributed by atoms with E-state index in [0.29, 0.717) is 24.0 Å². The van der Waals surface area contributed by atoms with Gasteiger partial charge in [-0.1, -0.05) is 11.6 Å². The molecule has 0 unspecified atom stereocenters. The van der Waals surface area contributed by atoms with Crippen molar-refractivity contribution in [1.29, 1.82) is 0 Å². The van der Waals surface area contributed by atoms with Crippen LogP contribution in [0.5, 0.6) is 5.88 Å². The Morgan fingerprint density at radius 1 is 1.63 bits per heavy atom. The quantitative estimate of drug-likeness (QED) is 0.920. The molecule has 0 aromatic carbocycles. The molecule has 1 amide bonds. The van der Waals surface area contributed by atoms with Gasteiger partial charge in [-0.05, 0) is 13.0 Å². The highest BCUT2D eigenvalue weighted by atomic mass is 35.5. The molecule has 2 aromatic rings. The fourth-order valence-electron chi connectivity index (χ4n) is 2.19. The number of hydrogen-bond donors (Lipinski definition) is 1. The zero-order valence-corrected chi connectivity index (χ0v) is 11.1. The molecule has 0 radical (unpaired) electrons. The number of amides is 1. The molecule has 0 saturated carbocycles. The Morgan fingerprint density at radius 2 is 2.47 bits per heavy atom. The van der Waals surface area contributed by atoms with Crippen molar-refractivity contribution in [3.8, 4) is 5.88 Å². The summed E-state index contributed by atoms with van der Waals surface area (Å²) < 4.78 is 7.47. The first-order valence-electron chi connectivity index (χ1n) is 6.07. The van der Waals surface area contributed by atoms with E-state index in [0.717, 1.165) is 5.52 Å². The predicted molar refractivity (Wildman–Crippen MR) is 69.2 cm³/mol. The van der Waals surface area contributed by atoms with Gasteiger partial charge in [0, 0.05) is 18.9 Å². The van der Waals surface area contributed by atoms with Crippen molar-refractivity contribution in [3.63, 3.8) is 0 Å². The second-order valence-electron chi connectivity index (χ2n) is 4.62. The summed E-state index contributed by atoms with van der Waals surface area (Å²) in [7, 11) is 0. The van der Waals surface area contributed by atoms with Crippen LogP contribution in [-0.2, 0) is 4.79 Å². The molecule has 7 heteroatoms. The molecule has 1 fully saturated rings. The normalized spacial score (nSPS) is 20.5. The lowest BCUT2D eigenvalue weighted by atomic mass is 10.0. The van der Waals surface area contributed by atoms with Gasteiger partial charge in [0.2, 0.25) is 11.8 Å². The molecular weight excluding hydrogens is 268 g/mol. The molecule has 1 aliphatic rings. The van der Waals surface area contributed by atoms with E-state index < -0.39 is 0 Å². The molecule has 0 bridgehead atoms. The van der Waals surface area contributed by atoms with Crippen molar-refractivity contribution in [2.24, 2.45) is 5.92 Å². The summed E-state index contributed by atoms with van der Waals surface area (Å²) in [4.78, 5) is 15.4. The fraction of sp³-hybridized carbons (Fsp3) is 0.417. The van der Waals surface area contributed by atoms with Gasteiger partial charge in [-0.15, -0.1) is 0 Å². The first kappa shape index (κ1) is 12.2. The van der Waals surface area contributed by atoms with E-state index in [-0.39, 0.29) is 17.9 Å². The van der Waals surface area contributed by atoms with Gasteiger partial charge in [0.25, 0.3) is 0 Å². The number of carbonyl (C=O) groups is 1. The van der Waals surface area contributed by atoms with E-state index in [4.69, 9.17) is 16.3 Å². The number of hydrogen-bond acceptors (Lipinski definition) is 4. The minimum Gasteiger partial charge on any atom is -0.473 e. The van der Waals surface area contributed by atoms with Gasteiger partial charge in [-0.3, -0.25) is 4.79 Å². The third kappa shape index (κ3) is 2.35. The average Bonchev–Trinajstić information content (AvgIpc) is 2.97. The smallest absolute Gasteiger partial charge is 0.241 e. The van der Waals surface area contributed by atoms with E-state index in [2.05, 4.69) is 15.4 Å². The molecule has 100 valence electrons. The molecule has 0 spiro atoms. The van der Waals surface area contributed by atoms with Crippen molar-refractivity contribution < 1.29 is 9.53 Å². The Morgan fingerprint density at radius 3 is 3.21 bits per heavy atom. The van der Waals surface area contributed by atoms with Gasteiger partial charge in [0.15, 0.2) is 5.15 Å². The number of carbonyl (C=O) groups excluding carboxylic acids is 1. The predicted octanol–water partition coefficient (Wildman–Crippen LogP) is 1.29. The Labute approximate surface area is 114 Å². The van der Waals surface area contributed by atoms with Crippen molar-refractivity contribution in [1.82, 2.24) is 19.9 Å². The van der Waals surface area contributed by atoms with E-state index in [9.17, 15) is 4.79 Å². The number of halogens is 1. The van der Waals surface area contributed by atoms with Crippen LogP contribution in [0.3, 0.4) is 0 Å². The van der Waals surface area contributed by atoms with E-state index in [1.165, 1.54) is 0 Å². The van der Waals surface area contributed by atoms with Crippen molar-refractivity contribution in [2.45, 2.75) is 19.4 Å². The Balaban J connectivity index is 1.84. The highest BCUT2D eigenvalue weighted by molar-refractivity contribution is 6.29. The number of rotatable bonds is 3. The van der Waals surface area contributed by atoms with Gasteiger partial charge < -0.3 is 10.1 Å². The van der Waals surface area contributed by atoms with Crippen molar-refractivity contribution in [3.05, 3.63) is 23.6 Å². The van der Waals surface area contributed by atoms with Crippen LogP contribution in [0.1, 0.15) is 13.3 Å². The first-order valence-corrected chi connectivity index (χ1v) is 6.44. The third-order valence-corrected chi connectivity index (χ3v) is 3.48. The fourth-order valence-corrected chi connectivity index (χ4v) is 2.36. The summed E-state index contributed by atoms with van der Waals surface area (Å²) in [6.45, 7) is 2.57. The van der Waals surface area contributed by atoms with Gasteiger partial charge >= 0.3 is 0 Å². The number of aromatic nitrogens is 3. The summed E-state index contributed by atoms with van der Waals surface area (Å²) >= 11 is 5.93. The van der Waals surface area contributed by atoms with Crippen molar-refractivity contribution >= 4 is 23.0 Å². The lowest BCUT2D eigenvalue weighted by Gasteiger charge is -2.19. The monoisotopic (exact) mass is 280 g/mol. The van der Waals surface area contributed by atoms with Crippen LogP contribution in [0, 0.1) is 5.92 Å². The van der Waals surface area contributed by atoms with Crippen molar-refractivity contribution in [2.75, 3.05) is 6.54 Å². The maximum Gasteiger partial charge on any atom is 0.241 e. The maximum atomic E-state index is 11.2. The van der Waals surface area contributed by atoms with Crippen LogP contribution >= 0.6 is 11.6 Å². The minimum atomic E-state index is -0.122. The lowest BCUT2D eigenvalue weighted by molar-refractivity contribution is -0.119. The van der Waals surface area contributed by atoms with Crippen LogP contribution in [0.4, 0.5) is 0 Å². The van der Waals surface area contributed by atoms with Crippen LogP contribution in [0.2, 0.25) is 5.15 Å². The Hall–Kier alpha value is -1.82. The van der Waals surface area contributed by atoms with Crippen LogP contribution < -0.4 is 10.1 Å². The average molecular weight is 281 g/mol. The second-order valence-corrected chi connectivity index (χ2v) is 5.01. The molecule has 19 heavy (non-hydrogen) atoms. The summed E-state index contributed by atoms with van der Waals surface area (Å²) in [5.41, 5.74) is 0.758. The van der Waals surface area contributed by atoms with Gasteiger partial charge in [-0.25, -0.2) is 4.52 Å². The summed E-state index contributed by atoms with van der Waals surface area (Å²) in [5, 5.41) is 7.22. The number of ether oxygens (including phenoxy) is 1. The summed E-state index contributed by atoms with van der Waals surface area (Å²) in [6.07, 6.45) is 3.64. The van der Waals surface area contributed by atoms with E-state index in [1.807, 2.05) is 13.0 Å².